The second-order valence-corrected chi connectivity index (χ2v) is 9.34. The lowest BCUT2D eigenvalue weighted by Crippen LogP contribution is -2.47. The summed E-state index contributed by atoms with van der Waals surface area (Å²) >= 11 is -0.750. The van der Waals surface area contributed by atoms with Crippen molar-refractivity contribution < 1.29 is 21.2 Å². The fourth-order valence-electron chi connectivity index (χ4n) is 3.47. The number of anilines is 1. The summed E-state index contributed by atoms with van der Waals surface area (Å²) in [5.41, 5.74) is 7.10. The van der Waals surface area contributed by atoms with Crippen molar-refractivity contribution in [1.82, 2.24) is 19.2 Å². The lowest BCUT2D eigenvalue weighted by Gasteiger charge is -2.32. The van der Waals surface area contributed by atoms with E-state index in [-0.39, 0.29) is 16.3 Å². The Hall–Kier alpha value is -3.06. The molecule has 1 aromatic heterocycles. The first-order valence-electron chi connectivity index (χ1n) is 9.85. The number of likely N-dealkylation sites (N-methyl/N-ethyl adjacent to an activating group) is 1. The van der Waals surface area contributed by atoms with Gasteiger partial charge in [-0.3, -0.25) is 4.98 Å². The van der Waals surface area contributed by atoms with Gasteiger partial charge in [0.15, 0.2) is 0 Å². The number of halogens is 1. The van der Waals surface area contributed by atoms with Gasteiger partial charge in [-0.2, -0.15) is 12.7 Å². The summed E-state index contributed by atoms with van der Waals surface area (Å²) in [6.45, 7) is 2.20. The third kappa shape index (κ3) is 5.66. The minimum Gasteiger partial charge on any atom is -0.382 e. The summed E-state index contributed by atoms with van der Waals surface area (Å²) in [4.78, 5) is 10.3. The van der Waals surface area contributed by atoms with Crippen molar-refractivity contribution >= 4 is 27.4 Å². The minimum absolute atomic E-state index is 0.175. The van der Waals surface area contributed by atoms with E-state index in [1.165, 1.54) is 22.8 Å². The number of nitrogens with zero attached hydrogens (tertiary/aromatic N) is 4. The second-order valence-electron chi connectivity index (χ2n) is 7.29. The smallest absolute Gasteiger partial charge is 0.335 e. The molecule has 0 radical (unpaired) electrons. The number of benzene rings is 2. The summed E-state index contributed by atoms with van der Waals surface area (Å²) in [6.07, 6.45) is 2.76. The molecule has 2 aromatic carbocycles. The molecule has 0 atom stereocenters. The van der Waals surface area contributed by atoms with Crippen LogP contribution < -0.4 is 5.73 Å². The van der Waals surface area contributed by atoms with Crippen molar-refractivity contribution in [2.24, 2.45) is 0 Å². The van der Waals surface area contributed by atoms with Gasteiger partial charge in [-0.1, -0.05) is 24.3 Å². The fourth-order valence-corrected chi connectivity index (χ4v) is 5.10. The van der Waals surface area contributed by atoms with Crippen LogP contribution in [-0.2, 0) is 21.6 Å². The largest absolute Gasteiger partial charge is 0.382 e. The van der Waals surface area contributed by atoms with E-state index in [2.05, 4.69) is 14.9 Å². The van der Waals surface area contributed by atoms with Crippen LogP contribution in [0.25, 0.3) is 22.4 Å². The Bertz CT molecular complexity index is 1260. The summed E-state index contributed by atoms with van der Waals surface area (Å²) in [6, 6.07) is 11.3. The molecule has 1 fully saturated rings. The predicted molar refractivity (Wildman–Crippen MR) is 122 cm³/mol. The topological polar surface area (TPSA) is 127 Å². The summed E-state index contributed by atoms with van der Waals surface area (Å²) in [5, 5.41) is 0. The average molecular weight is 492 g/mol. The van der Waals surface area contributed by atoms with Crippen molar-refractivity contribution in [2.45, 2.75) is 4.90 Å². The van der Waals surface area contributed by atoms with Crippen molar-refractivity contribution in [3.63, 3.8) is 0 Å². The Labute approximate surface area is 194 Å². The van der Waals surface area contributed by atoms with Crippen LogP contribution in [0.1, 0.15) is 0 Å². The summed E-state index contributed by atoms with van der Waals surface area (Å²) in [5.74, 6) is -0.266. The predicted octanol–water partition coefficient (Wildman–Crippen LogP) is 1.80. The number of rotatable bonds is 4. The van der Waals surface area contributed by atoms with E-state index in [9.17, 15) is 12.8 Å². The van der Waals surface area contributed by atoms with Crippen molar-refractivity contribution in [3.05, 3.63) is 60.7 Å². The molecule has 1 saturated heterocycles. The van der Waals surface area contributed by atoms with E-state index in [1.807, 2.05) is 7.05 Å². The Morgan fingerprint density at radius 1 is 0.970 bits per heavy atom. The highest BCUT2D eigenvalue weighted by Crippen LogP contribution is 2.32. The molecular formula is C21H22FN5O4S2. The summed E-state index contributed by atoms with van der Waals surface area (Å²) in [7, 11) is -1.73. The molecule has 0 aliphatic carbocycles. The molecule has 4 rings (SSSR count). The van der Waals surface area contributed by atoms with Gasteiger partial charge in [0.2, 0.25) is 10.0 Å². The summed E-state index contributed by atoms with van der Waals surface area (Å²) < 4.78 is 59.5. The van der Waals surface area contributed by atoms with Crippen molar-refractivity contribution in [2.75, 3.05) is 39.0 Å². The maximum atomic E-state index is 14.9. The van der Waals surface area contributed by atoms with Gasteiger partial charge in [0.1, 0.15) is 11.6 Å². The van der Waals surface area contributed by atoms with E-state index in [0.717, 1.165) is 0 Å². The van der Waals surface area contributed by atoms with Crippen LogP contribution in [0.15, 0.2) is 59.8 Å². The van der Waals surface area contributed by atoms with E-state index in [1.54, 1.807) is 36.4 Å². The molecule has 2 heterocycles. The molecule has 1 aliphatic rings. The van der Waals surface area contributed by atoms with E-state index < -0.39 is 27.4 Å². The van der Waals surface area contributed by atoms with Crippen LogP contribution in [0.4, 0.5) is 10.2 Å². The number of hydrogen-bond donors (Lipinski definition) is 1. The zero-order valence-corrected chi connectivity index (χ0v) is 19.4. The molecule has 9 nitrogen and oxygen atoms in total. The highest BCUT2D eigenvalue weighted by molar-refractivity contribution is 7.89. The number of hydrogen-bond acceptors (Lipinski definition) is 8. The molecular weight excluding hydrogens is 469 g/mol. The van der Waals surface area contributed by atoms with Crippen LogP contribution in [-0.4, -0.2) is 69.2 Å². The molecule has 2 N–H and O–H groups in total. The van der Waals surface area contributed by atoms with E-state index >= 15 is 0 Å². The maximum absolute atomic E-state index is 14.9. The van der Waals surface area contributed by atoms with Crippen LogP contribution in [0, 0.1) is 5.82 Å². The molecule has 0 spiro atoms. The molecule has 0 bridgehead atoms. The Morgan fingerprint density at radius 2 is 1.64 bits per heavy atom. The SMILES string of the molecule is CN1CCN(S(=O)(=O)c2ccccc2-c2ccc(-c3cnc(N)cn3)c(F)c2)CC1.O=S=O. The molecule has 3 aromatic rings. The quantitative estimate of drug-likeness (QED) is 0.585. The van der Waals surface area contributed by atoms with Gasteiger partial charge in [0, 0.05) is 37.3 Å². The molecule has 0 saturated carbocycles. The highest BCUT2D eigenvalue weighted by Gasteiger charge is 2.29. The molecule has 174 valence electrons. The molecule has 12 heteroatoms. The fraction of sp³-hybridized carbons (Fsp3) is 0.238. The molecule has 33 heavy (non-hydrogen) atoms. The molecule has 1 aliphatic heterocycles. The zero-order chi connectivity index (χ0) is 24.0. The van der Waals surface area contributed by atoms with Crippen LogP contribution in [0.2, 0.25) is 0 Å². The van der Waals surface area contributed by atoms with Gasteiger partial charge in [0.25, 0.3) is 0 Å². The first-order valence-corrected chi connectivity index (χ1v) is 12.0. The third-order valence-electron chi connectivity index (χ3n) is 5.19. The monoisotopic (exact) mass is 491 g/mol. The molecule has 0 amide bonds. The van der Waals surface area contributed by atoms with Gasteiger partial charge in [0.05, 0.1) is 23.0 Å². The van der Waals surface area contributed by atoms with Crippen molar-refractivity contribution in [1.29, 1.82) is 0 Å². The minimum atomic E-state index is -3.70. The normalized spacial score (nSPS) is 14.8. The van der Waals surface area contributed by atoms with Gasteiger partial charge in [-0.25, -0.2) is 17.8 Å². The standard InChI is InChI=1S/C21H22FN5O2S.O2S/c1-26-8-10-27(11-9-26)30(28,29)20-5-3-2-4-16(20)15-6-7-17(18(22)12-15)19-13-25-21(23)14-24-19;1-3-2/h2-7,12-14H,8-11H2,1H3,(H2,23,25);. The average Bonchev–Trinajstić information content (AvgIpc) is 2.80. The third-order valence-corrected chi connectivity index (χ3v) is 7.15. The lowest BCUT2D eigenvalue weighted by molar-refractivity contribution is 0.222. The lowest BCUT2D eigenvalue weighted by atomic mass is 10.0. The zero-order valence-electron chi connectivity index (χ0n) is 17.7. The van der Waals surface area contributed by atoms with E-state index in [0.29, 0.717) is 43.0 Å². The first-order chi connectivity index (χ1) is 15.8. The van der Waals surface area contributed by atoms with Crippen LogP contribution >= 0.6 is 0 Å². The van der Waals surface area contributed by atoms with Crippen LogP contribution in [0.5, 0.6) is 0 Å². The van der Waals surface area contributed by atoms with E-state index in [4.69, 9.17) is 14.2 Å². The Kier molecular flexibility index (Phi) is 7.97. The number of nitrogen functional groups attached to an aromatic ring is 1. The van der Waals surface area contributed by atoms with Gasteiger partial charge in [-0.15, -0.1) is 0 Å². The van der Waals surface area contributed by atoms with Gasteiger partial charge >= 0.3 is 11.6 Å². The second kappa shape index (κ2) is 10.7. The van der Waals surface area contributed by atoms with Gasteiger partial charge in [-0.05, 0) is 30.8 Å². The number of sulfonamides is 1. The maximum Gasteiger partial charge on any atom is 0.335 e. The highest BCUT2D eigenvalue weighted by atomic mass is 32.2. The first kappa shape index (κ1) is 24.6. The van der Waals surface area contributed by atoms with Crippen molar-refractivity contribution in [3.8, 4) is 22.4 Å². The number of nitrogens with two attached hydrogens (primary N) is 1. The van der Waals surface area contributed by atoms with Crippen LogP contribution in [0.3, 0.4) is 0 Å². The number of aromatic nitrogens is 2. The number of piperazine rings is 1. The Balaban J connectivity index is 0.000000968. The molecule has 0 unspecified atom stereocenters. The Morgan fingerprint density at radius 3 is 2.24 bits per heavy atom. The van der Waals surface area contributed by atoms with Gasteiger partial charge < -0.3 is 10.6 Å².